The largest absolute Gasteiger partial charge is 0.360 e. The number of carbonyl (C=O) groups is 1. The average Bonchev–Trinajstić information content (AvgIpc) is 2.58. The van der Waals surface area contributed by atoms with Crippen LogP contribution >= 0.6 is 11.6 Å². The van der Waals surface area contributed by atoms with Gasteiger partial charge in [-0.2, -0.15) is 5.26 Å². The van der Waals surface area contributed by atoms with Gasteiger partial charge in [-0.3, -0.25) is 14.9 Å². The minimum absolute atomic E-state index is 0.0906. The van der Waals surface area contributed by atoms with Crippen LogP contribution in [0, 0.1) is 28.4 Å². The Labute approximate surface area is 148 Å². The molecule has 0 atom stereocenters. The highest BCUT2D eigenvalue weighted by atomic mass is 35.5. The topological polar surface area (TPSA) is 108 Å². The fourth-order valence-corrected chi connectivity index (χ4v) is 2.09. The van der Waals surface area contributed by atoms with Crippen molar-refractivity contribution in [3.8, 4) is 6.07 Å². The molecule has 0 bridgehead atoms. The molecule has 0 aromatic heterocycles. The Morgan fingerprint density at radius 2 is 1.96 bits per heavy atom. The molecule has 8 heteroatoms. The Bertz CT molecular complexity index is 886. The maximum absolute atomic E-state index is 12.1. The molecule has 25 heavy (non-hydrogen) atoms. The summed E-state index contributed by atoms with van der Waals surface area (Å²) < 4.78 is 0. The highest BCUT2D eigenvalue weighted by molar-refractivity contribution is 6.30. The maximum Gasteiger partial charge on any atom is 0.269 e. The van der Waals surface area contributed by atoms with Crippen LogP contribution in [0.1, 0.15) is 5.56 Å². The van der Waals surface area contributed by atoms with Gasteiger partial charge in [-0.15, -0.1) is 0 Å². The van der Waals surface area contributed by atoms with Gasteiger partial charge >= 0.3 is 0 Å². The second-order valence-electron chi connectivity index (χ2n) is 5.03. The first-order valence-electron chi connectivity index (χ1n) is 7.09. The summed E-state index contributed by atoms with van der Waals surface area (Å²) in [5, 5.41) is 25.7. The van der Waals surface area contributed by atoms with E-state index >= 15 is 0 Å². The van der Waals surface area contributed by atoms with E-state index in [9.17, 15) is 14.9 Å². The summed E-state index contributed by atoms with van der Waals surface area (Å²) in [6, 6.07) is 12.3. The summed E-state index contributed by atoms with van der Waals surface area (Å²) in [6.07, 6.45) is 1.28. The van der Waals surface area contributed by atoms with E-state index in [1.807, 2.05) is 13.0 Å². The minimum atomic E-state index is -0.636. The number of hydrogen-bond acceptors (Lipinski definition) is 5. The number of nitriles is 1. The van der Waals surface area contributed by atoms with Gasteiger partial charge < -0.3 is 10.6 Å². The predicted molar refractivity (Wildman–Crippen MR) is 95.2 cm³/mol. The van der Waals surface area contributed by atoms with Crippen LogP contribution in [0.2, 0.25) is 5.02 Å². The summed E-state index contributed by atoms with van der Waals surface area (Å²) in [6.45, 7) is 1.86. The van der Waals surface area contributed by atoms with Crippen molar-refractivity contribution in [3.63, 3.8) is 0 Å². The third-order valence-corrected chi connectivity index (χ3v) is 3.51. The van der Waals surface area contributed by atoms with Gasteiger partial charge in [0, 0.05) is 34.7 Å². The standard InChI is InChI=1S/C17H13ClN4O3/c1-11-2-3-13(18)8-16(11)20-10-12(9-19)17(23)21-14-4-6-15(7-5-14)22(24)25/h2-8,10,20H,1H3,(H,21,23)/b12-10-. The molecule has 0 fully saturated rings. The van der Waals surface area contributed by atoms with Crippen LogP contribution in [0.25, 0.3) is 0 Å². The molecule has 0 saturated heterocycles. The molecule has 2 rings (SSSR count). The number of nitrogens with one attached hydrogen (secondary N) is 2. The van der Waals surface area contributed by atoms with Crippen molar-refractivity contribution in [1.82, 2.24) is 0 Å². The van der Waals surface area contributed by atoms with E-state index in [1.54, 1.807) is 18.2 Å². The van der Waals surface area contributed by atoms with Crippen LogP contribution in [-0.4, -0.2) is 10.8 Å². The number of nitrogens with zero attached hydrogens (tertiary/aromatic N) is 2. The molecule has 0 spiro atoms. The molecule has 0 aliphatic carbocycles. The van der Waals surface area contributed by atoms with Gasteiger partial charge in [0.15, 0.2) is 0 Å². The van der Waals surface area contributed by atoms with E-state index in [-0.39, 0.29) is 11.3 Å². The number of nitro groups is 1. The first-order chi connectivity index (χ1) is 11.9. The van der Waals surface area contributed by atoms with Gasteiger partial charge in [0.05, 0.1) is 4.92 Å². The molecule has 126 valence electrons. The molecule has 0 unspecified atom stereocenters. The summed E-state index contributed by atoms with van der Waals surface area (Å²) in [7, 11) is 0. The number of hydrogen-bond donors (Lipinski definition) is 2. The second kappa shape index (κ2) is 7.95. The third kappa shape index (κ3) is 4.80. The van der Waals surface area contributed by atoms with E-state index in [0.29, 0.717) is 16.4 Å². The molecule has 0 heterocycles. The Balaban J connectivity index is 2.11. The van der Waals surface area contributed by atoms with Crippen molar-refractivity contribution in [2.45, 2.75) is 6.92 Å². The highest BCUT2D eigenvalue weighted by Gasteiger charge is 2.11. The Morgan fingerprint density at radius 1 is 1.28 bits per heavy atom. The van der Waals surface area contributed by atoms with Crippen molar-refractivity contribution < 1.29 is 9.72 Å². The number of carbonyl (C=O) groups excluding carboxylic acids is 1. The zero-order valence-electron chi connectivity index (χ0n) is 13.1. The molecule has 0 saturated carbocycles. The average molecular weight is 357 g/mol. The third-order valence-electron chi connectivity index (χ3n) is 3.27. The number of benzene rings is 2. The van der Waals surface area contributed by atoms with Crippen LogP contribution in [0.15, 0.2) is 54.2 Å². The Kier molecular flexibility index (Phi) is 5.71. The summed E-state index contributed by atoms with van der Waals surface area (Å²) in [5.74, 6) is -0.636. The lowest BCUT2D eigenvalue weighted by molar-refractivity contribution is -0.384. The number of nitro benzene ring substituents is 1. The smallest absolute Gasteiger partial charge is 0.269 e. The van der Waals surface area contributed by atoms with Gasteiger partial charge in [-0.1, -0.05) is 17.7 Å². The fourth-order valence-electron chi connectivity index (χ4n) is 1.91. The highest BCUT2D eigenvalue weighted by Crippen LogP contribution is 2.20. The zero-order chi connectivity index (χ0) is 18.4. The number of aryl methyl sites for hydroxylation is 1. The molecule has 2 aromatic carbocycles. The number of non-ortho nitro benzene ring substituents is 1. The van der Waals surface area contributed by atoms with Crippen molar-refractivity contribution in [2.24, 2.45) is 0 Å². The van der Waals surface area contributed by atoms with E-state index < -0.39 is 10.8 Å². The molecule has 7 nitrogen and oxygen atoms in total. The van der Waals surface area contributed by atoms with Gasteiger partial charge in [-0.25, -0.2) is 0 Å². The van der Waals surface area contributed by atoms with Gasteiger partial charge in [0.2, 0.25) is 0 Å². The summed E-state index contributed by atoms with van der Waals surface area (Å²) in [4.78, 5) is 22.2. The molecule has 0 aliphatic heterocycles. The van der Waals surface area contributed by atoms with Crippen LogP contribution in [0.3, 0.4) is 0 Å². The van der Waals surface area contributed by atoms with E-state index in [0.717, 1.165) is 5.56 Å². The van der Waals surface area contributed by atoms with Crippen LogP contribution in [-0.2, 0) is 4.79 Å². The second-order valence-corrected chi connectivity index (χ2v) is 5.47. The van der Waals surface area contributed by atoms with Crippen molar-refractivity contribution in [3.05, 3.63) is 74.9 Å². The molecule has 2 N–H and O–H groups in total. The summed E-state index contributed by atoms with van der Waals surface area (Å²) in [5.41, 5.74) is 1.66. The van der Waals surface area contributed by atoms with Crippen LogP contribution in [0.5, 0.6) is 0 Å². The molecule has 0 radical (unpaired) electrons. The number of anilines is 2. The maximum atomic E-state index is 12.1. The van der Waals surface area contributed by atoms with Crippen LogP contribution < -0.4 is 10.6 Å². The zero-order valence-corrected chi connectivity index (χ0v) is 13.9. The lowest BCUT2D eigenvalue weighted by Gasteiger charge is -2.07. The first-order valence-corrected chi connectivity index (χ1v) is 7.47. The quantitative estimate of drug-likeness (QED) is 0.364. The fraction of sp³-hybridized carbons (Fsp3) is 0.0588. The Morgan fingerprint density at radius 3 is 2.56 bits per heavy atom. The molecular weight excluding hydrogens is 344 g/mol. The molecule has 2 aromatic rings. The van der Waals surface area contributed by atoms with Crippen molar-refractivity contribution in [1.29, 1.82) is 5.26 Å². The van der Waals surface area contributed by atoms with Gasteiger partial charge in [0.1, 0.15) is 11.6 Å². The summed E-state index contributed by atoms with van der Waals surface area (Å²) >= 11 is 5.92. The van der Waals surface area contributed by atoms with Gasteiger partial charge in [-0.05, 0) is 36.8 Å². The normalized spacial score (nSPS) is 10.7. The first kappa shape index (κ1) is 18.0. The van der Waals surface area contributed by atoms with Gasteiger partial charge in [0.25, 0.3) is 11.6 Å². The lowest BCUT2D eigenvalue weighted by Crippen LogP contribution is -2.14. The number of rotatable bonds is 5. The number of halogens is 1. The minimum Gasteiger partial charge on any atom is -0.360 e. The van der Waals surface area contributed by atoms with Crippen molar-refractivity contribution in [2.75, 3.05) is 10.6 Å². The molecule has 1 amide bonds. The lowest BCUT2D eigenvalue weighted by atomic mass is 10.2. The van der Waals surface area contributed by atoms with E-state index in [1.165, 1.54) is 30.5 Å². The molecular formula is C17H13ClN4O3. The predicted octanol–water partition coefficient (Wildman–Crippen LogP) is 4.01. The SMILES string of the molecule is Cc1ccc(Cl)cc1N/C=C(/C#N)C(=O)Nc1ccc([N+](=O)[O-])cc1. The van der Waals surface area contributed by atoms with E-state index in [2.05, 4.69) is 10.6 Å². The molecule has 0 aliphatic rings. The number of amides is 1. The Hall–Kier alpha value is -3.37. The van der Waals surface area contributed by atoms with E-state index in [4.69, 9.17) is 16.9 Å². The monoisotopic (exact) mass is 356 g/mol. The van der Waals surface area contributed by atoms with Crippen molar-refractivity contribution >= 4 is 34.6 Å². The van der Waals surface area contributed by atoms with Crippen LogP contribution in [0.4, 0.5) is 17.1 Å².